The van der Waals surface area contributed by atoms with Gasteiger partial charge in [0, 0.05) is 18.8 Å². The Balaban J connectivity index is 2.07. The topological polar surface area (TPSA) is 54.0 Å². The molecule has 1 aromatic heterocycles. The number of nitrogens with one attached hydrogen (secondary N) is 2. The van der Waals surface area contributed by atoms with Crippen LogP contribution in [-0.4, -0.2) is 23.5 Å². The molecule has 104 valence electrons. The molecule has 2 N–H and O–H groups in total. The first kappa shape index (κ1) is 13.8. The summed E-state index contributed by atoms with van der Waals surface area (Å²) < 4.78 is 14.1. The molecule has 5 heteroatoms. The number of rotatable bonds is 4. The molecule has 0 radical (unpaired) electrons. The van der Waals surface area contributed by atoms with Crippen LogP contribution >= 0.6 is 0 Å². The number of pyridine rings is 1. The number of aromatic nitrogens is 1. The van der Waals surface area contributed by atoms with E-state index < -0.39 is 5.82 Å². The monoisotopic (exact) mass is 265 g/mol. The number of carbonyl (C=O) groups excluding carboxylic acids is 1. The van der Waals surface area contributed by atoms with E-state index in [4.69, 9.17) is 0 Å². The summed E-state index contributed by atoms with van der Waals surface area (Å²) in [6.45, 7) is 2.42. The highest BCUT2D eigenvalue weighted by Crippen LogP contribution is 2.19. The Morgan fingerprint density at radius 1 is 1.42 bits per heavy atom. The quantitative estimate of drug-likeness (QED) is 0.880. The third-order valence-electron chi connectivity index (χ3n) is 3.42. The first-order valence-electron chi connectivity index (χ1n) is 6.91. The van der Waals surface area contributed by atoms with Crippen molar-refractivity contribution in [3.05, 3.63) is 23.6 Å². The highest BCUT2D eigenvalue weighted by molar-refractivity contribution is 5.95. The van der Waals surface area contributed by atoms with Crippen molar-refractivity contribution in [1.82, 2.24) is 10.3 Å². The minimum absolute atomic E-state index is 0.0662. The largest absolute Gasteiger partial charge is 0.368 e. The fourth-order valence-electron chi connectivity index (χ4n) is 2.42. The van der Waals surface area contributed by atoms with Gasteiger partial charge in [-0.25, -0.2) is 9.37 Å². The van der Waals surface area contributed by atoms with Gasteiger partial charge in [-0.1, -0.05) is 19.3 Å². The Morgan fingerprint density at radius 3 is 2.84 bits per heavy atom. The average Bonchev–Trinajstić information content (AvgIpc) is 2.42. The Labute approximate surface area is 112 Å². The van der Waals surface area contributed by atoms with Gasteiger partial charge in [0.05, 0.1) is 5.56 Å². The number of nitrogens with zero attached hydrogens (tertiary/aromatic N) is 1. The van der Waals surface area contributed by atoms with Crippen LogP contribution in [0.4, 0.5) is 10.2 Å². The smallest absolute Gasteiger partial charge is 0.254 e. The lowest BCUT2D eigenvalue weighted by Crippen LogP contribution is -2.36. The summed E-state index contributed by atoms with van der Waals surface area (Å²) in [4.78, 5) is 16.0. The Bertz CT molecular complexity index is 444. The van der Waals surface area contributed by atoms with Gasteiger partial charge < -0.3 is 10.6 Å². The number of anilines is 1. The van der Waals surface area contributed by atoms with E-state index in [-0.39, 0.29) is 23.3 Å². The molecule has 0 atom stereocenters. The molecule has 1 fully saturated rings. The lowest BCUT2D eigenvalue weighted by molar-refractivity contribution is 0.0923. The van der Waals surface area contributed by atoms with Crippen LogP contribution in [0.25, 0.3) is 0 Å². The molecule has 0 saturated heterocycles. The van der Waals surface area contributed by atoms with E-state index in [0.717, 1.165) is 25.7 Å². The maximum atomic E-state index is 14.1. The fraction of sp³-hybridized carbons (Fsp3) is 0.571. The number of carbonyl (C=O) groups is 1. The van der Waals surface area contributed by atoms with Gasteiger partial charge in [-0.05, 0) is 25.8 Å². The maximum Gasteiger partial charge on any atom is 0.254 e. The Kier molecular flexibility index (Phi) is 4.71. The van der Waals surface area contributed by atoms with E-state index in [2.05, 4.69) is 15.6 Å². The molecule has 1 heterocycles. The van der Waals surface area contributed by atoms with Crippen molar-refractivity contribution in [2.75, 3.05) is 11.9 Å². The zero-order valence-electron chi connectivity index (χ0n) is 11.2. The Morgan fingerprint density at radius 2 is 2.16 bits per heavy atom. The van der Waals surface area contributed by atoms with Gasteiger partial charge >= 0.3 is 0 Å². The number of hydrogen-bond donors (Lipinski definition) is 2. The first-order valence-corrected chi connectivity index (χ1v) is 6.91. The second kappa shape index (κ2) is 6.50. The molecular weight excluding hydrogens is 245 g/mol. The van der Waals surface area contributed by atoms with Gasteiger partial charge in [0.2, 0.25) is 0 Å². The second-order valence-electron chi connectivity index (χ2n) is 4.86. The van der Waals surface area contributed by atoms with Crippen molar-refractivity contribution < 1.29 is 9.18 Å². The number of halogens is 1. The molecule has 1 aliphatic rings. The van der Waals surface area contributed by atoms with Crippen LogP contribution in [0.3, 0.4) is 0 Å². The van der Waals surface area contributed by atoms with E-state index in [1.165, 1.54) is 18.7 Å². The third kappa shape index (κ3) is 3.43. The van der Waals surface area contributed by atoms with Gasteiger partial charge in [0.15, 0.2) is 11.6 Å². The van der Waals surface area contributed by atoms with Crippen LogP contribution in [0, 0.1) is 5.82 Å². The standard InChI is InChI=1S/C14H20FN3O/c1-2-16-13-12(15)11(8-9-17-13)14(19)18-10-6-4-3-5-7-10/h8-10H,2-7H2,1H3,(H,16,17)(H,18,19). The molecule has 1 aromatic rings. The second-order valence-corrected chi connectivity index (χ2v) is 4.86. The van der Waals surface area contributed by atoms with Crippen LogP contribution in [0.15, 0.2) is 12.3 Å². The molecule has 0 aromatic carbocycles. The van der Waals surface area contributed by atoms with Crippen LogP contribution in [0.1, 0.15) is 49.4 Å². The molecular formula is C14H20FN3O. The van der Waals surface area contributed by atoms with Gasteiger partial charge in [-0.2, -0.15) is 0 Å². The molecule has 1 saturated carbocycles. The predicted octanol–water partition coefficient (Wildman–Crippen LogP) is 2.72. The highest BCUT2D eigenvalue weighted by Gasteiger charge is 2.20. The van der Waals surface area contributed by atoms with Crippen LogP contribution in [-0.2, 0) is 0 Å². The molecule has 0 aliphatic heterocycles. The fourth-order valence-corrected chi connectivity index (χ4v) is 2.42. The van der Waals surface area contributed by atoms with Crippen LogP contribution in [0.5, 0.6) is 0 Å². The van der Waals surface area contributed by atoms with E-state index >= 15 is 0 Å². The lowest BCUT2D eigenvalue weighted by Gasteiger charge is -2.22. The third-order valence-corrected chi connectivity index (χ3v) is 3.42. The minimum Gasteiger partial charge on any atom is -0.368 e. The van der Waals surface area contributed by atoms with Crippen molar-refractivity contribution in [3.63, 3.8) is 0 Å². The summed E-state index contributed by atoms with van der Waals surface area (Å²) >= 11 is 0. The predicted molar refractivity (Wildman–Crippen MR) is 72.7 cm³/mol. The van der Waals surface area contributed by atoms with E-state index in [1.54, 1.807) is 0 Å². The number of hydrogen-bond acceptors (Lipinski definition) is 3. The van der Waals surface area contributed by atoms with Gasteiger partial charge in [-0.15, -0.1) is 0 Å². The van der Waals surface area contributed by atoms with Gasteiger partial charge in [0.25, 0.3) is 5.91 Å². The van der Waals surface area contributed by atoms with Crippen molar-refractivity contribution >= 4 is 11.7 Å². The Hall–Kier alpha value is -1.65. The van der Waals surface area contributed by atoms with E-state index in [9.17, 15) is 9.18 Å². The van der Waals surface area contributed by atoms with Crippen molar-refractivity contribution in [2.24, 2.45) is 0 Å². The summed E-state index contributed by atoms with van der Waals surface area (Å²) in [5.74, 6) is -0.776. The van der Waals surface area contributed by atoms with Crippen LogP contribution < -0.4 is 10.6 Å². The normalized spacial score (nSPS) is 16.1. The zero-order chi connectivity index (χ0) is 13.7. The molecule has 4 nitrogen and oxygen atoms in total. The van der Waals surface area contributed by atoms with E-state index in [0.29, 0.717) is 6.54 Å². The molecule has 19 heavy (non-hydrogen) atoms. The minimum atomic E-state index is -0.572. The highest BCUT2D eigenvalue weighted by atomic mass is 19.1. The molecule has 0 spiro atoms. The van der Waals surface area contributed by atoms with Gasteiger partial charge in [-0.3, -0.25) is 4.79 Å². The average molecular weight is 265 g/mol. The molecule has 1 aliphatic carbocycles. The molecule has 2 rings (SSSR count). The maximum absolute atomic E-state index is 14.1. The van der Waals surface area contributed by atoms with Crippen molar-refractivity contribution in [2.45, 2.75) is 45.1 Å². The summed E-state index contributed by atoms with van der Waals surface area (Å²) in [6.07, 6.45) is 6.91. The molecule has 0 unspecified atom stereocenters. The molecule has 1 amide bonds. The lowest BCUT2D eigenvalue weighted by atomic mass is 9.95. The van der Waals surface area contributed by atoms with E-state index in [1.807, 2.05) is 6.92 Å². The number of amides is 1. The first-order chi connectivity index (χ1) is 9.22. The SMILES string of the molecule is CCNc1nccc(C(=O)NC2CCCCC2)c1F. The summed E-state index contributed by atoms with van der Waals surface area (Å²) in [5, 5.41) is 5.72. The van der Waals surface area contributed by atoms with Crippen LogP contribution in [0.2, 0.25) is 0 Å². The van der Waals surface area contributed by atoms with Crippen molar-refractivity contribution in [1.29, 1.82) is 0 Å². The summed E-state index contributed by atoms with van der Waals surface area (Å²) in [5.41, 5.74) is 0.0662. The van der Waals surface area contributed by atoms with Crippen molar-refractivity contribution in [3.8, 4) is 0 Å². The van der Waals surface area contributed by atoms with Gasteiger partial charge in [0.1, 0.15) is 0 Å². The summed E-state index contributed by atoms with van der Waals surface area (Å²) in [6, 6.07) is 1.60. The summed E-state index contributed by atoms with van der Waals surface area (Å²) in [7, 11) is 0. The zero-order valence-corrected chi connectivity index (χ0v) is 11.2. The molecule has 0 bridgehead atoms.